The highest BCUT2D eigenvalue weighted by atomic mass is 33.1. The van der Waals surface area contributed by atoms with Crippen molar-refractivity contribution < 1.29 is 19.1 Å². The van der Waals surface area contributed by atoms with Crippen LogP contribution in [0.15, 0.2) is 29.4 Å². The Kier molecular flexibility index (Phi) is 12.6. The van der Waals surface area contributed by atoms with E-state index in [4.69, 9.17) is 9.47 Å². The maximum Gasteiger partial charge on any atom is 0.410 e. The third-order valence-corrected chi connectivity index (χ3v) is 7.27. The number of pyridine rings is 1. The van der Waals surface area contributed by atoms with Gasteiger partial charge in [-0.1, -0.05) is 30.7 Å². The fourth-order valence-electron chi connectivity index (χ4n) is 3.02. The van der Waals surface area contributed by atoms with Gasteiger partial charge in [-0.2, -0.15) is 0 Å². The zero-order valence-corrected chi connectivity index (χ0v) is 23.9. The van der Waals surface area contributed by atoms with Crippen LogP contribution < -0.4 is 0 Å². The van der Waals surface area contributed by atoms with E-state index in [0.29, 0.717) is 19.0 Å². The lowest BCUT2D eigenvalue weighted by atomic mass is 9.97. The molecule has 0 N–H and O–H groups in total. The summed E-state index contributed by atoms with van der Waals surface area (Å²) in [7, 11) is 6.72. The zero-order valence-electron chi connectivity index (χ0n) is 22.3. The third kappa shape index (κ3) is 13.3. The molecule has 194 valence electrons. The maximum atomic E-state index is 12.8. The van der Waals surface area contributed by atoms with Gasteiger partial charge >= 0.3 is 12.2 Å². The zero-order chi connectivity index (χ0) is 25.9. The molecule has 0 saturated heterocycles. The predicted octanol–water partition coefficient (Wildman–Crippen LogP) is 6.59. The molecule has 9 heteroatoms. The van der Waals surface area contributed by atoms with Gasteiger partial charge in [0.2, 0.25) is 0 Å². The van der Waals surface area contributed by atoms with E-state index in [-0.39, 0.29) is 18.1 Å². The molecule has 1 unspecified atom stereocenters. The number of hydrogen-bond donors (Lipinski definition) is 0. The number of aromatic nitrogens is 1. The molecule has 0 saturated carbocycles. The van der Waals surface area contributed by atoms with Gasteiger partial charge in [-0.3, -0.25) is 0 Å². The topological polar surface area (TPSA) is 72.0 Å². The molecule has 1 aromatic rings. The molecule has 0 bridgehead atoms. The molecule has 0 spiro atoms. The van der Waals surface area contributed by atoms with Crippen molar-refractivity contribution in [2.45, 2.75) is 77.5 Å². The number of hydrogen-bond acceptors (Lipinski definition) is 7. The summed E-state index contributed by atoms with van der Waals surface area (Å²) < 4.78 is 11.3. The molecule has 0 radical (unpaired) electrons. The number of rotatable bonds is 12. The Labute approximate surface area is 214 Å². The maximum absolute atomic E-state index is 12.8. The van der Waals surface area contributed by atoms with Crippen LogP contribution in [0.1, 0.15) is 61.3 Å². The fourth-order valence-corrected chi connectivity index (χ4v) is 5.28. The van der Waals surface area contributed by atoms with Gasteiger partial charge in [0.15, 0.2) is 0 Å². The minimum atomic E-state index is -0.563. The van der Waals surface area contributed by atoms with Crippen molar-refractivity contribution in [1.82, 2.24) is 14.8 Å². The second kappa shape index (κ2) is 14.1. The molecule has 0 aliphatic carbocycles. The molecule has 2 amide bonds. The SMILES string of the molecule is CC(C)CCC(C)(C)OC(=O)N(C)CC(CSSc1ccccn1)CN(C)C(=O)OC(C)(C)C. The fraction of sp³-hybridized carbons (Fsp3) is 0.720. The van der Waals surface area contributed by atoms with E-state index in [0.717, 1.165) is 23.6 Å². The molecule has 1 rings (SSSR count). The van der Waals surface area contributed by atoms with Crippen LogP contribution in [0.4, 0.5) is 9.59 Å². The number of nitrogens with zero attached hydrogens (tertiary/aromatic N) is 3. The van der Waals surface area contributed by atoms with Crippen LogP contribution in [-0.4, -0.2) is 71.1 Å². The first-order chi connectivity index (χ1) is 15.7. The lowest BCUT2D eigenvalue weighted by molar-refractivity contribution is 0.00670. The van der Waals surface area contributed by atoms with Crippen molar-refractivity contribution in [3.05, 3.63) is 24.4 Å². The molecule has 1 atom stereocenters. The van der Waals surface area contributed by atoms with Crippen LogP contribution in [0, 0.1) is 11.8 Å². The summed E-state index contributed by atoms with van der Waals surface area (Å²) in [5.41, 5.74) is -1.09. The Balaban J connectivity index is 2.76. The van der Waals surface area contributed by atoms with Crippen LogP contribution >= 0.6 is 21.6 Å². The first-order valence-electron chi connectivity index (χ1n) is 11.8. The minimum Gasteiger partial charge on any atom is -0.444 e. The summed E-state index contributed by atoms with van der Waals surface area (Å²) in [4.78, 5) is 32.8. The standard InChI is InChI=1S/C25H43N3O4S2/c1-19(2)13-14-25(6,7)32-23(30)28(9)17-20(16-27(8)22(29)31-24(3,4)5)18-33-34-21-12-10-11-15-26-21/h10-12,15,19-20H,13-14,16-18H2,1-9H3. The number of carbonyl (C=O) groups excluding carboxylic acids is 2. The van der Waals surface area contributed by atoms with E-state index < -0.39 is 11.2 Å². The van der Waals surface area contributed by atoms with E-state index in [1.165, 1.54) is 0 Å². The highest BCUT2D eigenvalue weighted by Gasteiger charge is 2.28. The van der Waals surface area contributed by atoms with E-state index >= 15 is 0 Å². The highest BCUT2D eigenvalue weighted by molar-refractivity contribution is 8.76. The predicted molar refractivity (Wildman–Crippen MR) is 142 cm³/mol. The summed E-state index contributed by atoms with van der Waals surface area (Å²) >= 11 is 0. The molecule has 7 nitrogen and oxygen atoms in total. The average Bonchev–Trinajstić information content (AvgIpc) is 2.71. The Morgan fingerprint density at radius 2 is 1.59 bits per heavy atom. The van der Waals surface area contributed by atoms with Crippen molar-refractivity contribution in [2.75, 3.05) is 32.9 Å². The highest BCUT2D eigenvalue weighted by Crippen LogP contribution is 2.31. The first kappa shape index (κ1) is 30.4. The molecular formula is C25H43N3O4S2. The van der Waals surface area contributed by atoms with Crippen molar-refractivity contribution in [2.24, 2.45) is 11.8 Å². The summed E-state index contributed by atoms with van der Waals surface area (Å²) in [6.07, 6.45) is 2.85. The van der Waals surface area contributed by atoms with Gasteiger partial charge in [0.1, 0.15) is 16.2 Å². The van der Waals surface area contributed by atoms with Crippen LogP contribution in [0.5, 0.6) is 0 Å². The summed E-state index contributed by atoms with van der Waals surface area (Å²) in [5, 5.41) is 0.923. The lowest BCUT2D eigenvalue weighted by Crippen LogP contribution is -2.43. The van der Waals surface area contributed by atoms with E-state index in [2.05, 4.69) is 18.8 Å². The van der Waals surface area contributed by atoms with Crippen LogP contribution in [0.25, 0.3) is 0 Å². The molecule has 1 heterocycles. The molecule has 0 aliphatic heterocycles. The molecule has 34 heavy (non-hydrogen) atoms. The minimum absolute atomic E-state index is 0.0232. The summed E-state index contributed by atoms with van der Waals surface area (Å²) in [6, 6.07) is 5.80. The van der Waals surface area contributed by atoms with Crippen LogP contribution in [0.3, 0.4) is 0 Å². The number of carbonyl (C=O) groups is 2. The first-order valence-corrected chi connectivity index (χ1v) is 14.1. The Bertz CT molecular complexity index is 754. The second-order valence-electron chi connectivity index (χ2n) is 10.7. The Morgan fingerprint density at radius 1 is 1.00 bits per heavy atom. The lowest BCUT2D eigenvalue weighted by Gasteiger charge is -2.32. The van der Waals surface area contributed by atoms with Gasteiger partial charge in [0.25, 0.3) is 0 Å². The third-order valence-electron chi connectivity index (χ3n) is 4.85. The van der Waals surface area contributed by atoms with Crippen molar-refractivity contribution >= 4 is 33.8 Å². The molecule has 1 aromatic heterocycles. The Hall–Kier alpha value is -1.61. The van der Waals surface area contributed by atoms with Gasteiger partial charge in [0, 0.05) is 45.1 Å². The quantitative estimate of drug-likeness (QED) is 0.292. The van der Waals surface area contributed by atoms with E-state index in [1.807, 2.05) is 52.8 Å². The monoisotopic (exact) mass is 513 g/mol. The smallest absolute Gasteiger partial charge is 0.410 e. The molecular weight excluding hydrogens is 470 g/mol. The molecule has 0 aliphatic rings. The van der Waals surface area contributed by atoms with Crippen molar-refractivity contribution in [1.29, 1.82) is 0 Å². The average molecular weight is 514 g/mol. The number of ether oxygens (including phenoxy) is 2. The van der Waals surface area contributed by atoms with Gasteiger partial charge in [-0.15, -0.1) is 0 Å². The van der Waals surface area contributed by atoms with Crippen LogP contribution in [0.2, 0.25) is 0 Å². The summed E-state index contributed by atoms with van der Waals surface area (Å²) in [6.45, 7) is 14.7. The normalized spacial score (nSPS) is 12.9. The molecule has 0 fully saturated rings. The molecule has 0 aromatic carbocycles. The van der Waals surface area contributed by atoms with Crippen molar-refractivity contribution in [3.8, 4) is 0 Å². The van der Waals surface area contributed by atoms with E-state index in [1.54, 1.807) is 51.7 Å². The van der Waals surface area contributed by atoms with Gasteiger partial charge in [-0.05, 0) is 76.3 Å². The largest absolute Gasteiger partial charge is 0.444 e. The number of amides is 2. The van der Waals surface area contributed by atoms with Gasteiger partial charge < -0.3 is 19.3 Å². The van der Waals surface area contributed by atoms with Crippen molar-refractivity contribution in [3.63, 3.8) is 0 Å². The van der Waals surface area contributed by atoms with Crippen LogP contribution in [-0.2, 0) is 9.47 Å². The summed E-state index contributed by atoms with van der Waals surface area (Å²) in [5.74, 6) is 1.30. The van der Waals surface area contributed by atoms with E-state index in [9.17, 15) is 9.59 Å². The second-order valence-corrected chi connectivity index (χ2v) is 13.1. The Morgan fingerprint density at radius 3 is 2.09 bits per heavy atom. The van der Waals surface area contributed by atoms with Gasteiger partial charge in [0.05, 0.1) is 0 Å². The van der Waals surface area contributed by atoms with Gasteiger partial charge in [-0.25, -0.2) is 14.6 Å².